The van der Waals surface area contributed by atoms with Crippen molar-refractivity contribution in [3.63, 3.8) is 0 Å². The largest absolute Gasteiger partial charge is 0.0835 e. The molecule has 2 aromatic rings. The Morgan fingerprint density at radius 3 is 2.41 bits per heavy atom. The Morgan fingerprint density at radius 1 is 1.00 bits per heavy atom. The first-order valence-electron chi connectivity index (χ1n) is 5.61. The van der Waals surface area contributed by atoms with Gasteiger partial charge in [0, 0.05) is 9.30 Å². The highest BCUT2D eigenvalue weighted by Gasteiger charge is 2.12. The van der Waals surface area contributed by atoms with Gasteiger partial charge in [0.15, 0.2) is 0 Å². The molecule has 0 aliphatic rings. The molecule has 2 aromatic carbocycles. The zero-order valence-electron chi connectivity index (χ0n) is 9.66. The predicted molar refractivity (Wildman–Crippen MR) is 80.7 cm³/mol. The average Bonchev–Trinajstić information content (AvgIpc) is 2.34. The number of aryl methyl sites for hydroxylation is 1. The average molecular weight is 354 g/mol. The fraction of sp³-hybridized carbons (Fsp3) is 0.200. The van der Waals surface area contributed by atoms with Crippen LogP contribution in [0.25, 0.3) is 0 Å². The summed E-state index contributed by atoms with van der Waals surface area (Å²) in [5.74, 6) is 0. The molecule has 0 saturated carbocycles. The van der Waals surface area contributed by atoms with E-state index < -0.39 is 0 Å². The molecule has 0 fully saturated rings. The maximum Gasteiger partial charge on any atom is 0.0446 e. The maximum atomic E-state index is 3.78. The summed E-state index contributed by atoms with van der Waals surface area (Å²) in [6, 6.07) is 16.9. The zero-order valence-corrected chi connectivity index (χ0v) is 12.8. The molecule has 17 heavy (non-hydrogen) atoms. The minimum Gasteiger partial charge on any atom is -0.0835 e. The fourth-order valence-electron chi connectivity index (χ4n) is 1.84. The number of halogens is 2. The minimum atomic E-state index is 0.346. The number of benzene rings is 2. The summed E-state index contributed by atoms with van der Waals surface area (Å²) in [4.78, 5) is 0.346. The van der Waals surface area contributed by atoms with Crippen molar-refractivity contribution in [1.29, 1.82) is 0 Å². The summed E-state index contributed by atoms with van der Waals surface area (Å²) in [6.45, 7) is 2.12. The van der Waals surface area contributed by atoms with Gasteiger partial charge in [0.25, 0.3) is 0 Å². The molecule has 0 aromatic heterocycles. The number of alkyl halides is 1. The van der Waals surface area contributed by atoms with Gasteiger partial charge in [0.1, 0.15) is 0 Å². The van der Waals surface area contributed by atoms with Crippen molar-refractivity contribution in [2.75, 3.05) is 0 Å². The Labute approximate surface area is 119 Å². The molecule has 0 heterocycles. The molecule has 2 heteroatoms. The van der Waals surface area contributed by atoms with Gasteiger partial charge in [-0.2, -0.15) is 0 Å². The van der Waals surface area contributed by atoms with Crippen molar-refractivity contribution in [3.8, 4) is 0 Å². The van der Waals surface area contributed by atoms with Crippen LogP contribution in [-0.4, -0.2) is 0 Å². The van der Waals surface area contributed by atoms with Crippen molar-refractivity contribution in [2.24, 2.45) is 0 Å². The molecule has 1 unspecified atom stereocenters. The molecule has 0 spiro atoms. The quantitative estimate of drug-likeness (QED) is 0.645. The lowest BCUT2D eigenvalue weighted by Gasteiger charge is -2.13. The minimum absolute atomic E-state index is 0.346. The van der Waals surface area contributed by atoms with E-state index in [4.69, 9.17) is 0 Å². The second-order valence-electron chi connectivity index (χ2n) is 4.14. The molecule has 0 radical (unpaired) electrons. The number of rotatable bonds is 3. The summed E-state index contributed by atoms with van der Waals surface area (Å²) < 4.78 is 1.21. The highest BCUT2D eigenvalue weighted by Crippen LogP contribution is 2.34. The second kappa shape index (κ2) is 5.83. The molecule has 2 rings (SSSR count). The van der Waals surface area contributed by atoms with Gasteiger partial charge >= 0.3 is 0 Å². The molecule has 1 atom stereocenters. The van der Waals surface area contributed by atoms with Gasteiger partial charge in [-0.25, -0.2) is 0 Å². The van der Waals surface area contributed by atoms with Crippen molar-refractivity contribution in [1.82, 2.24) is 0 Å². The first-order valence-corrected chi connectivity index (χ1v) is 7.32. The molecule has 0 amide bonds. The van der Waals surface area contributed by atoms with Crippen LogP contribution in [0.5, 0.6) is 0 Å². The summed E-state index contributed by atoms with van der Waals surface area (Å²) in [5, 5.41) is 0. The Hall–Kier alpha value is -0.600. The maximum absolute atomic E-state index is 3.78. The Morgan fingerprint density at radius 2 is 1.71 bits per heavy atom. The lowest BCUT2D eigenvalue weighted by Crippen LogP contribution is -1.97. The Kier molecular flexibility index (Phi) is 4.41. The normalized spacial score (nSPS) is 12.4. The van der Waals surface area contributed by atoms with E-state index in [2.05, 4.69) is 87.3 Å². The molecule has 0 nitrogen and oxygen atoms in total. The van der Waals surface area contributed by atoms with E-state index in [1.807, 2.05) is 0 Å². The second-order valence-corrected chi connectivity index (χ2v) is 6.03. The highest BCUT2D eigenvalue weighted by atomic mass is 79.9. The molecule has 0 bridgehead atoms. The highest BCUT2D eigenvalue weighted by molar-refractivity contribution is 9.11. The van der Waals surface area contributed by atoms with E-state index in [1.165, 1.54) is 21.2 Å². The number of hydrogen-bond acceptors (Lipinski definition) is 0. The molecular weight excluding hydrogens is 340 g/mol. The van der Waals surface area contributed by atoms with Gasteiger partial charge in [-0.3, -0.25) is 0 Å². The van der Waals surface area contributed by atoms with Crippen molar-refractivity contribution in [2.45, 2.75) is 18.2 Å². The van der Waals surface area contributed by atoms with Crippen LogP contribution < -0.4 is 0 Å². The third-order valence-electron chi connectivity index (χ3n) is 2.82. The van der Waals surface area contributed by atoms with Gasteiger partial charge in [0.05, 0.1) is 0 Å². The monoisotopic (exact) mass is 352 g/mol. The summed E-state index contributed by atoms with van der Waals surface area (Å²) in [5.41, 5.74) is 3.94. The smallest absolute Gasteiger partial charge is 0.0446 e. The SMILES string of the molecule is Cc1cccc(C(Br)Cc2ccccc2)c1Br. The summed E-state index contributed by atoms with van der Waals surface area (Å²) in [7, 11) is 0. The van der Waals surface area contributed by atoms with E-state index >= 15 is 0 Å². The van der Waals surface area contributed by atoms with Crippen LogP contribution in [0.1, 0.15) is 21.5 Å². The number of hydrogen-bond donors (Lipinski definition) is 0. The van der Waals surface area contributed by atoms with Crippen LogP contribution in [0, 0.1) is 6.92 Å². The van der Waals surface area contributed by atoms with E-state index in [-0.39, 0.29) is 0 Å². The fourth-order valence-corrected chi connectivity index (χ4v) is 3.45. The summed E-state index contributed by atoms with van der Waals surface area (Å²) >= 11 is 7.44. The van der Waals surface area contributed by atoms with Crippen LogP contribution in [0.4, 0.5) is 0 Å². The first kappa shape index (κ1) is 12.8. The molecule has 0 aliphatic heterocycles. The first-order chi connectivity index (χ1) is 8.18. The van der Waals surface area contributed by atoms with Crippen LogP contribution >= 0.6 is 31.9 Å². The third kappa shape index (κ3) is 3.20. The van der Waals surface area contributed by atoms with Gasteiger partial charge in [-0.15, -0.1) is 0 Å². The molecule has 88 valence electrons. The van der Waals surface area contributed by atoms with Gasteiger partial charge in [0.2, 0.25) is 0 Å². The third-order valence-corrected chi connectivity index (χ3v) is 4.72. The topological polar surface area (TPSA) is 0 Å². The zero-order chi connectivity index (χ0) is 12.3. The van der Waals surface area contributed by atoms with Gasteiger partial charge in [-0.1, -0.05) is 80.4 Å². The molecule has 0 N–H and O–H groups in total. The Balaban J connectivity index is 2.20. The standard InChI is InChI=1S/C15H14Br2/c1-11-6-5-9-13(15(11)17)14(16)10-12-7-3-2-4-8-12/h2-9,14H,10H2,1H3. The van der Waals surface area contributed by atoms with Crippen molar-refractivity contribution >= 4 is 31.9 Å². The molecular formula is C15H14Br2. The van der Waals surface area contributed by atoms with Gasteiger partial charge in [-0.05, 0) is 30.0 Å². The van der Waals surface area contributed by atoms with Crippen molar-refractivity contribution in [3.05, 3.63) is 69.7 Å². The predicted octanol–water partition coefficient (Wildman–Crippen LogP) is 5.44. The van der Waals surface area contributed by atoms with Gasteiger partial charge < -0.3 is 0 Å². The van der Waals surface area contributed by atoms with E-state index in [1.54, 1.807) is 0 Å². The lowest BCUT2D eigenvalue weighted by molar-refractivity contribution is 0.940. The van der Waals surface area contributed by atoms with Crippen molar-refractivity contribution < 1.29 is 0 Å². The van der Waals surface area contributed by atoms with E-state index in [9.17, 15) is 0 Å². The van der Waals surface area contributed by atoms with Crippen LogP contribution in [-0.2, 0) is 6.42 Å². The molecule has 0 aliphatic carbocycles. The molecule has 0 saturated heterocycles. The van der Waals surface area contributed by atoms with Crippen LogP contribution in [0.2, 0.25) is 0 Å². The van der Waals surface area contributed by atoms with E-state index in [0.717, 1.165) is 6.42 Å². The van der Waals surface area contributed by atoms with Crippen LogP contribution in [0.3, 0.4) is 0 Å². The summed E-state index contributed by atoms with van der Waals surface area (Å²) in [6.07, 6.45) is 1.00. The Bertz CT molecular complexity index is 492. The van der Waals surface area contributed by atoms with Crippen LogP contribution in [0.15, 0.2) is 53.0 Å². The van der Waals surface area contributed by atoms with E-state index in [0.29, 0.717) is 4.83 Å². The lowest BCUT2D eigenvalue weighted by atomic mass is 10.0.